The molecule has 0 radical (unpaired) electrons. The Morgan fingerprint density at radius 1 is 1.10 bits per heavy atom. The van der Waals surface area contributed by atoms with Crippen LogP contribution in [0.2, 0.25) is 0 Å². The Kier molecular flexibility index (Phi) is 6.11. The van der Waals surface area contributed by atoms with Crippen molar-refractivity contribution in [3.63, 3.8) is 0 Å². The van der Waals surface area contributed by atoms with Crippen molar-refractivity contribution in [2.45, 2.75) is 44.6 Å². The van der Waals surface area contributed by atoms with E-state index in [0.717, 1.165) is 56.2 Å². The topological polar surface area (TPSA) is 70.8 Å². The van der Waals surface area contributed by atoms with E-state index in [4.69, 9.17) is 21.3 Å². The van der Waals surface area contributed by atoms with E-state index in [2.05, 4.69) is 61.3 Å². The van der Waals surface area contributed by atoms with Gasteiger partial charge in [-0.05, 0) is 52.9 Å². The number of benzene rings is 2. The van der Waals surface area contributed by atoms with Crippen LogP contribution in [0.1, 0.15) is 47.0 Å². The van der Waals surface area contributed by atoms with Crippen molar-refractivity contribution < 1.29 is 4.74 Å². The fourth-order valence-electron chi connectivity index (χ4n) is 6.43. The van der Waals surface area contributed by atoms with Gasteiger partial charge in [0.2, 0.25) is 6.54 Å². The quantitative estimate of drug-likeness (QED) is 0.378. The molecule has 2 aromatic heterocycles. The first-order chi connectivity index (χ1) is 19.2. The number of aromatic nitrogens is 3. The van der Waals surface area contributed by atoms with Crippen LogP contribution in [-0.4, -0.2) is 52.1 Å². The van der Waals surface area contributed by atoms with E-state index in [0.29, 0.717) is 18.6 Å². The molecule has 0 saturated carbocycles. The summed E-state index contributed by atoms with van der Waals surface area (Å²) in [6.45, 7) is 13.8. The Morgan fingerprint density at radius 3 is 2.79 bits per heavy atom. The van der Waals surface area contributed by atoms with Crippen molar-refractivity contribution in [3.8, 4) is 6.01 Å². The van der Waals surface area contributed by atoms with Crippen LogP contribution >= 0.6 is 0 Å². The second-order valence-corrected chi connectivity index (χ2v) is 10.7. The molecule has 1 N–H and O–H groups in total. The van der Waals surface area contributed by atoms with Gasteiger partial charge >= 0.3 is 6.01 Å². The van der Waals surface area contributed by atoms with E-state index in [-0.39, 0.29) is 12.1 Å². The summed E-state index contributed by atoms with van der Waals surface area (Å²) in [6, 6.07) is 18.1. The molecular formula is C31H31N7O. The molecule has 1 fully saturated rings. The molecule has 196 valence electrons. The van der Waals surface area contributed by atoms with Crippen LogP contribution in [0.4, 0.5) is 5.82 Å². The van der Waals surface area contributed by atoms with Crippen LogP contribution in [0.15, 0.2) is 60.9 Å². The summed E-state index contributed by atoms with van der Waals surface area (Å²) in [7, 11) is 0. The molecule has 0 amide bonds. The summed E-state index contributed by atoms with van der Waals surface area (Å²) in [5.41, 5.74) is 6.10. The van der Waals surface area contributed by atoms with Crippen molar-refractivity contribution in [3.05, 3.63) is 100 Å². The molecule has 3 aliphatic rings. The van der Waals surface area contributed by atoms with Crippen molar-refractivity contribution in [2.75, 3.05) is 31.1 Å². The lowest BCUT2D eigenvalue weighted by Gasteiger charge is -2.33. The maximum absolute atomic E-state index is 7.36. The Bertz CT molecular complexity index is 1560. The molecule has 1 aliphatic carbocycles. The second-order valence-electron chi connectivity index (χ2n) is 10.7. The molecule has 0 bridgehead atoms. The number of anilines is 1. The van der Waals surface area contributed by atoms with Gasteiger partial charge in [-0.3, -0.25) is 9.88 Å². The zero-order valence-corrected chi connectivity index (χ0v) is 22.0. The molecule has 0 spiro atoms. The molecule has 39 heavy (non-hydrogen) atoms. The predicted octanol–water partition coefficient (Wildman–Crippen LogP) is 4.48. The van der Waals surface area contributed by atoms with Gasteiger partial charge in [-0.1, -0.05) is 36.4 Å². The zero-order valence-electron chi connectivity index (χ0n) is 22.0. The number of fused-ring (bicyclic) bond motifs is 1. The van der Waals surface area contributed by atoms with Gasteiger partial charge in [0, 0.05) is 56.7 Å². The van der Waals surface area contributed by atoms with Crippen molar-refractivity contribution in [1.29, 1.82) is 0 Å². The third-order valence-corrected chi connectivity index (χ3v) is 8.33. The molecule has 8 heteroatoms. The summed E-state index contributed by atoms with van der Waals surface area (Å²) in [6.07, 6.45) is 4.37. The summed E-state index contributed by atoms with van der Waals surface area (Å²) in [5, 5.41) is 6.21. The van der Waals surface area contributed by atoms with Crippen molar-refractivity contribution in [1.82, 2.24) is 25.2 Å². The largest absolute Gasteiger partial charge is 0.456 e. The first kappa shape index (κ1) is 24.0. The minimum absolute atomic E-state index is 0.126. The van der Waals surface area contributed by atoms with Gasteiger partial charge in [0.1, 0.15) is 11.9 Å². The third-order valence-electron chi connectivity index (χ3n) is 8.33. The highest BCUT2D eigenvalue weighted by Gasteiger charge is 2.37. The molecule has 2 aromatic carbocycles. The fraction of sp³-hybridized carbons (Fsp3) is 0.355. The Labute approximate surface area is 228 Å². The van der Waals surface area contributed by atoms with Gasteiger partial charge in [0.05, 0.1) is 11.7 Å². The normalized spacial score (nSPS) is 21.1. The molecule has 4 heterocycles. The van der Waals surface area contributed by atoms with Crippen LogP contribution in [-0.2, 0) is 19.5 Å². The molecule has 4 aromatic rings. The molecule has 2 aliphatic heterocycles. The second kappa shape index (κ2) is 9.92. The minimum Gasteiger partial charge on any atom is -0.456 e. The highest BCUT2D eigenvalue weighted by Crippen LogP contribution is 2.44. The van der Waals surface area contributed by atoms with Crippen LogP contribution in [0.5, 0.6) is 6.01 Å². The van der Waals surface area contributed by atoms with Crippen molar-refractivity contribution in [2.24, 2.45) is 0 Å². The van der Waals surface area contributed by atoms with E-state index in [9.17, 15) is 0 Å². The maximum atomic E-state index is 7.36. The van der Waals surface area contributed by atoms with Crippen LogP contribution in [0.3, 0.4) is 0 Å². The average Bonchev–Trinajstić information content (AvgIpc) is 3.56. The van der Waals surface area contributed by atoms with Gasteiger partial charge in [0.15, 0.2) is 0 Å². The Hall–Kier alpha value is -4.06. The highest BCUT2D eigenvalue weighted by molar-refractivity contribution is 5.91. The SMILES string of the molecule is [C-]#[N+]C[C@H]1CN(c2nc(O[C@H](C)c3ccncc3)nc3c2CN(C2Cc4cccc5cccc2c45)C3)CCN1. The van der Waals surface area contributed by atoms with Crippen LogP contribution in [0.25, 0.3) is 15.6 Å². The Morgan fingerprint density at radius 2 is 1.95 bits per heavy atom. The summed E-state index contributed by atoms with van der Waals surface area (Å²) in [5.74, 6) is 0.949. The van der Waals surface area contributed by atoms with Gasteiger partial charge in [-0.25, -0.2) is 6.57 Å². The van der Waals surface area contributed by atoms with E-state index in [1.165, 1.54) is 27.5 Å². The van der Waals surface area contributed by atoms with Crippen LogP contribution < -0.4 is 15.0 Å². The van der Waals surface area contributed by atoms with Crippen LogP contribution in [0, 0.1) is 6.57 Å². The van der Waals surface area contributed by atoms with E-state index >= 15 is 0 Å². The lowest BCUT2D eigenvalue weighted by atomic mass is 10.0. The number of hydrogen-bond acceptors (Lipinski definition) is 7. The number of ether oxygens (including phenoxy) is 1. The third kappa shape index (κ3) is 4.38. The van der Waals surface area contributed by atoms with Gasteiger partial charge in [0.25, 0.3) is 0 Å². The predicted molar refractivity (Wildman–Crippen MR) is 150 cm³/mol. The number of rotatable bonds is 6. The Balaban J connectivity index is 1.22. The number of hydrogen-bond donors (Lipinski definition) is 1. The monoisotopic (exact) mass is 517 g/mol. The zero-order chi connectivity index (χ0) is 26.3. The molecular weight excluding hydrogens is 486 g/mol. The van der Waals surface area contributed by atoms with E-state index in [1.807, 2.05) is 19.1 Å². The maximum Gasteiger partial charge on any atom is 0.319 e. The summed E-state index contributed by atoms with van der Waals surface area (Å²) >= 11 is 0. The first-order valence-corrected chi connectivity index (χ1v) is 13.7. The molecule has 7 rings (SSSR count). The number of nitrogens with one attached hydrogen (secondary N) is 1. The highest BCUT2D eigenvalue weighted by atomic mass is 16.5. The smallest absolute Gasteiger partial charge is 0.319 e. The van der Waals surface area contributed by atoms with E-state index < -0.39 is 0 Å². The standard InChI is InChI=1S/C31H31N7O/c1-20(21-9-11-33-12-10-21)39-31-35-27-19-38(28-15-23-7-3-5-22-6-4-8-25(28)29(22)23)18-26(27)30(36-31)37-14-13-34-24(17-37)16-32-2/h3-12,20,24,28,34H,13-19H2,1H3/t20-,24+,28?/m1/s1. The van der Waals surface area contributed by atoms with Crippen molar-refractivity contribution >= 4 is 16.6 Å². The van der Waals surface area contributed by atoms with Gasteiger partial charge in [-0.15, -0.1) is 0 Å². The lowest BCUT2D eigenvalue weighted by Crippen LogP contribution is -2.52. The number of nitrogens with zero attached hydrogens (tertiary/aromatic N) is 6. The van der Waals surface area contributed by atoms with E-state index in [1.54, 1.807) is 12.4 Å². The fourth-order valence-corrected chi connectivity index (χ4v) is 6.43. The number of pyridine rings is 1. The summed E-state index contributed by atoms with van der Waals surface area (Å²) < 4.78 is 6.33. The molecule has 1 saturated heterocycles. The van der Waals surface area contributed by atoms with Gasteiger partial charge in [-0.2, -0.15) is 9.97 Å². The van der Waals surface area contributed by atoms with Gasteiger partial charge < -0.3 is 19.8 Å². The molecule has 3 atom stereocenters. The molecule has 8 nitrogen and oxygen atoms in total. The number of piperazine rings is 1. The summed E-state index contributed by atoms with van der Waals surface area (Å²) in [4.78, 5) is 22.6. The molecule has 1 unspecified atom stereocenters. The minimum atomic E-state index is -0.198. The first-order valence-electron chi connectivity index (χ1n) is 13.7. The average molecular weight is 518 g/mol. The lowest BCUT2D eigenvalue weighted by molar-refractivity contribution is 0.199.